The molecule has 0 saturated heterocycles. The van der Waals surface area contributed by atoms with E-state index in [9.17, 15) is 4.79 Å². The van der Waals surface area contributed by atoms with Crippen LogP contribution in [0, 0.1) is 0 Å². The molecule has 0 atom stereocenters. The van der Waals surface area contributed by atoms with Gasteiger partial charge in [-0.05, 0) is 12.1 Å². The highest BCUT2D eigenvalue weighted by molar-refractivity contribution is 5.85. The summed E-state index contributed by atoms with van der Waals surface area (Å²) in [7, 11) is 3.54. The number of carboxylic acids is 1. The summed E-state index contributed by atoms with van der Waals surface area (Å²) in [6.45, 7) is 1.36. The summed E-state index contributed by atoms with van der Waals surface area (Å²) in [4.78, 5) is 16.3. The van der Waals surface area contributed by atoms with E-state index in [2.05, 4.69) is 4.98 Å². The minimum absolute atomic E-state index is 0.0545. The van der Waals surface area contributed by atoms with Gasteiger partial charge in [-0.1, -0.05) is 0 Å². The number of aromatic carboxylic acids is 1. The maximum atomic E-state index is 10.6. The summed E-state index contributed by atoms with van der Waals surface area (Å²) in [6, 6.07) is 3.22. The molecule has 0 radical (unpaired) electrons. The number of hydrogen-bond acceptors (Lipinski definition) is 4. The second-order valence-corrected chi connectivity index (χ2v) is 3.12. The van der Waals surface area contributed by atoms with Crippen molar-refractivity contribution in [2.45, 2.75) is 0 Å². The summed E-state index contributed by atoms with van der Waals surface area (Å²) in [5, 5.41) is 8.66. The van der Waals surface area contributed by atoms with E-state index in [1.54, 1.807) is 19.4 Å². The number of ether oxygens (including phenoxy) is 1. The number of rotatable bonds is 5. The molecule has 0 bridgehead atoms. The molecule has 1 aromatic rings. The third-order valence-corrected chi connectivity index (χ3v) is 2.04. The van der Waals surface area contributed by atoms with Crippen molar-refractivity contribution in [2.24, 2.45) is 0 Å². The topological polar surface area (TPSA) is 62.7 Å². The molecule has 1 N–H and O–H groups in total. The predicted octanol–water partition coefficient (Wildman–Crippen LogP) is 0.862. The van der Waals surface area contributed by atoms with Crippen molar-refractivity contribution in [2.75, 3.05) is 32.2 Å². The van der Waals surface area contributed by atoms with Crippen molar-refractivity contribution in [3.63, 3.8) is 0 Å². The quantitative estimate of drug-likeness (QED) is 0.781. The molecule has 0 unspecified atom stereocenters. The van der Waals surface area contributed by atoms with Crippen LogP contribution in [-0.2, 0) is 4.74 Å². The van der Waals surface area contributed by atoms with Crippen LogP contribution < -0.4 is 4.90 Å². The van der Waals surface area contributed by atoms with Gasteiger partial charge in [0, 0.05) is 20.7 Å². The Kier molecular flexibility index (Phi) is 4.05. The van der Waals surface area contributed by atoms with Gasteiger partial charge in [-0.2, -0.15) is 0 Å². The lowest BCUT2D eigenvalue weighted by atomic mass is 10.3. The van der Waals surface area contributed by atoms with Crippen LogP contribution in [-0.4, -0.2) is 43.4 Å². The third-order valence-electron chi connectivity index (χ3n) is 2.04. The molecule has 0 amide bonds. The van der Waals surface area contributed by atoms with Crippen LogP contribution in [0.15, 0.2) is 18.3 Å². The van der Waals surface area contributed by atoms with Crippen molar-refractivity contribution in [1.82, 2.24) is 4.98 Å². The van der Waals surface area contributed by atoms with Gasteiger partial charge in [-0.3, -0.25) is 0 Å². The van der Waals surface area contributed by atoms with E-state index in [1.165, 1.54) is 6.07 Å². The first-order chi connectivity index (χ1) is 7.15. The van der Waals surface area contributed by atoms with Crippen LogP contribution in [0.2, 0.25) is 0 Å². The van der Waals surface area contributed by atoms with Crippen LogP contribution in [0.1, 0.15) is 10.5 Å². The van der Waals surface area contributed by atoms with Crippen molar-refractivity contribution in [3.05, 3.63) is 24.0 Å². The van der Waals surface area contributed by atoms with Gasteiger partial charge >= 0.3 is 5.97 Å². The summed E-state index contributed by atoms with van der Waals surface area (Å²) in [5.41, 5.74) is 0.927. The van der Waals surface area contributed by atoms with E-state index in [0.717, 1.165) is 12.2 Å². The average molecular weight is 210 g/mol. The van der Waals surface area contributed by atoms with Gasteiger partial charge in [0.25, 0.3) is 0 Å². The first-order valence-electron chi connectivity index (χ1n) is 4.54. The summed E-state index contributed by atoms with van der Waals surface area (Å²) in [6.07, 6.45) is 1.54. The molecule has 0 aliphatic heterocycles. The predicted molar refractivity (Wildman–Crippen MR) is 56.3 cm³/mol. The Morgan fingerprint density at radius 3 is 2.80 bits per heavy atom. The molecule has 0 saturated carbocycles. The Hall–Kier alpha value is -1.62. The zero-order chi connectivity index (χ0) is 11.3. The van der Waals surface area contributed by atoms with Crippen LogP contribution in [0.4, 0.5) is 5.69 Å². The molecule has 1 rings (SSSR count). The van der Waals surface area contributed by atoms with Crippen molar-refractivity contribution in [3.8, 4) is 0 Å². The number of aromatic nitrogens is 1. The van der Waals surface area contributed by atoms with Gasteiger partial charge in [0.15, 0.2) is 0 Å². The molecular weight excluding hydrogens is 196 g/mol. The number of anilines is 1. The summed E-state index contributed by atoms with van der Waals surface area (Å²) in [5.74, 6) is -1.01. The van der Waals surface area contributed by atoms with E-state index < -0.39 is 5.97 Å². The maximum Gasteiger partial charge on any atom is 0.354 e. The monoisotopic (exact) mass is 210 g/mol. The molecule has 0 spiro atoms. The highest BCUT2D eigenvalue weighted by Gasteiger charge is 2.05. The molecule has 82 valence electrons. The second-order valence-electron chi connectivity index (χ2n) is 3.12. The molecule has 1 aromatic heterocycles. The molecule has 5 heteroatoms. The first-order valence-corrected chi connectivity index (χ1v) is 4.54. The van der Waals surface area contributed by atoms with Crippen molar-refractivity contribution >= 4 is 11.7 Å². The Morgan fingerprint density at radius 2 is 2.33 bits per heavy atom. The van der Waals surface area contributed by atoms with Gasteiger partial charge in [-0.15, -0.1) is 0 Å². The summed E-state index contributed by atoms with van der Waals surface area (Å²) < 4.78 is 4.94. The maximum absolute atomic E-state index is 10.6. The Labute approximate surface area is 88.3 Å². The normalized spacial score (nSPS) is 10.0. The highest BCUT2D eigenvalue weighted by atomic mass is 16.5. The standard InChI is InChI=1S/C10H14N2O3/c1-12(5-6-15-2)8-3-4-9(10(13)14)11-7-8/h3-4,7H,5-6H2,1-2H3,(H,13,14). The largest absolute Gasteiger partial charge is 0.477 e. The number of nitrogens with zero attached hydrogens (tertiary/aromatic N) is 2. The number of hydrogen-bond donors (Lipinski definition) is 1. The van der Waals surface area contributed by atoms with Gasteiger partial charge in [0.2, 0.25) is 0 Å². The smallest absolute Gasteiger partial charge is 0.354 e. The van der Waals surface area contributed by atoms with Crippen molar-refractivity contribution in [1.29, 1.82) is 0 Å². The van der Waals surface area contributed by atoms with E-state index in [-0.39, 0.29) is 5.69 Å². The number of carbonyl (C=O) groups is 1. The van der Waals surface area contributed by atoms with Crippen LogP contribution in [0.25, 0.3) is 0 Å². The lowest BCUT2D eigenvalue weighted by molar-refractivity contribution is 0.0690. The Balaban J connectivity index is 2.66. The fourth-order valence-corrected chi connectivity index (χ4v) is 1.10. The fourth-order valence-electron chi connectivity index (χ4n) is 1.10. The van der Waals surface area contributed by atoms with Gasteiger partial charge in [-0.25, -0.2) is 9.78 Å². The molecule has 1 heterocycles. The number of likely N-dealkylation sites (N-methyl/N-ethyl adjacent to an activating group) is 1. The number of methoxy groups -OCH3 is 1. The summed E-state index contributed by atoms with van der Waals surface area (Å²) >= 11 is 0. The zero-order valence-corrected chi connectivity index (χ0v) is 8.80. The zero-order valence-electron chi connectivity index (χ0n) is 8.80. The van der Waals surface area contributed by atoms with Crippen molar-refractivity contribution < 1.29 is 14.6 Å². The van der Waals surface area contributed by atoms with Gasteiger partial charge in [0.1, 0.15) is 5.69 Å². The van der Waals surface area contributed by atoms with Crippen LogP contribution in [0.5, 0.6) is 0 Å². The number of pyridine rings is 1. The molecule has 15 heavy (non-hydrogen) atoms. The average Bonchev–Trinajstić information content (AvgIpc) is 2.26. The molecule has 0 fully saturated rings. The Bertz CT molecular complexity index is 324. The number of carboxylic acid groups (broad SMARTS) is 1. The SMILES string of the molecule is COCCN(C)c1ccc(C(=O)O)nc1. The van der Waals surface area contributed by atoms with E-state index in [4.69, 9.17) is 9.84 Å². The van der Waals surface area contributed by atoms with Gasteiger partial charge < -0.3 is 14.7 Å². The Morgan fingerprint density at radius 1 is 1.60 bits per heavy atom. The highest BCUT2D eigenvalue weighted by Crippen LogP contribution is 2.10. The molecule has 0 aromatic carbocycles. The molecular formula is C10H14N2O3. The fraction of sp³-hybridized carbons (Fsp3) is 0.400. The third kappa shape index (κ3) is 3.21. The van der Waals surface area contributed by atoms with Gasteiger partial charge in [0.05, 0.1) is 18.5 Å². The minimum Gasteiger partial charge on any atom is -0.477 e. The molecule has 0 aliphatic carbocycles. The van der Waals surface area contributed by atoms with E-state index >= 15 is 0 Å². The molecule has 0 aliphatic rings. The second kappa shape index (κ2) is 5.31. The van der Waals surface area contributed by atoms with E-state index in [1.807, 2.05) is 11.9 Å². The van der Waals surface area contributed by atoms with E-state index in [0.29, 0.717) is 6.61 Å². The van der Waals surface area contributed by atoms with Crippen LogP contribution >= 0.6 is 0 Å². The minimum atomic E-state index is -1.01. The molecule has 5 nitrogen and oxygen atoms in total. The first kappa shape index (κ1) is 11.5. The lowest BCUT2D eigenvalue weighted by Crippen LogP contribution is -2.22. The lowest BCUT2D eigenvalue weighted by Gasteiger charge is -2.18. The van der Waals surface area contributed by atoms with Crippen LogP contribution in [0.3, 0.4) is 0 Å².